The third kappa shape index (κ3) is 4.09. The van der Waals surface area contributed by atoms with Gasteiger partial charge in [0.2, 0.25) is 5.91 Å². The molecule has 1 amide bonds. The second-order valence-electron chi connectivity index (χ2n) is 6.16. The first-order valence-electron chi connectivity index (χ1n) is 8.12. The van der Waals surface area contributed by atoms with Crippen molar-refractivity contribution in [3.63, 3.8) is 0 Å². The molecule has 0 heterocycles. The van der Waals surface area contributed by atoms with Crippen molar-refractivity contribution in [2.45, 2.75) is 64.7 Å². The van der Waals surface area contributed by atoms with Crippen LogP contribution < -0.4 is 5.73 Å². The predicted octanol–water partition coefficient (Wildman–Crippen LogP) is 4.25. The predicted molar refractivity (Wildman–Crippen MR) is 83.9 cm³/mol. The maximum absolute atomic E-state index is 11.3. The van der Waals surface area contributed by atoms with Crippen LogP contribution in [0.3, 0.4) is 0 Å². The molecule has 110 valence electrons. The maximum Gasteiger partial charge on any atom is 0.248 e. The zero-order valence-electron chi connectivity index (χ0n) is 12.7. The first-order valence-corrected chi connectivity index (χ1v) is 8.12. The average molecular weight is 273 g/mol. The van der Waals surface area contributed by atoms with Gasteiger partial charge in [-0.25, -0.2) is 0 Å². The molecule has 0 aliphatic heterocycles. The highest BCUT2D eigenvalue weighted by molar-refractivity contribution is 5.93. The number of primary amides is 1. The summed E-state index contributed by atoms with van der Waals surface area (Å²) in [5.41, 5.74) is 8.80. The van der Waals surface area contributed by atoms with E-state index in [1.165, 1.54) is 56.1 Å². The lowest BCUT2D eigenvalue weighted by molar-refractivity contribution is 0.1000. The average Bonchev–Trinajstić information content (AvgIpc) is 2.46. The van der Waals surface area contributed by atoms with E-state index in [1.54, 1.807) is 0 Å². The Morgan fingerprint density at radius 2 is 2.00 bits per heavy atom. The summed E-state index contributed by atoms with van der Waals surface area (Å²) in [4.78, 5) is 11.3. The topological polar surface area (TPSA) is 43.1 Å². The van der Waals surface area contributed by atoms with Gasteiger partial charge in [-0.3, -0.25) is 4.79 Å². The molecule has 2 heteroatoms. The second kappa shape index (κ2) is 7.47. The molecule has 0 radical (unpaired) electrons. The van der Waals surface area contributed by atoms with Crippen LogP contribution in [0.5, 0.6) is 0 Å². The SMILES string of the molecule is CCCCCCCC1CCc2ccc(C(N)=O)cc2C1. The molecule has 0 saturated heterocycles. The Labute approximate surface area is 122 Å². The summed E-state index contributed by atoms with van der Waals surface area (Å²) in [7, 11) is 0. The van der Waals surface area contributed by atoms with Crippen LogP contribution in [0.2, 0.25) is 0 Å². The van der Waals surface area contributed by atoms with Crippen LogP contribution >= 0.6 is 0 Å². The third-order valence-electron chi connectivity index (χ3n) is 4.54. The zero-order valence-corrected chi connectivity index (χ0v) is 12.7. The van der Waals surface area contributed by atoms with Gasteiger partial charge in [0, 0.05) is 5.56 Å². The van der Waals surface area contributed by atoms with Crippen LogP contribution in [0, 0.1) is 5.92 Å². The molecule has 1 aromatic carbocycles. The molecule has 2 rings (SSSR count). The highest BCUT2D eigenvalue weighted by atomic mass is 16.1. The fraction of sp³-hybridized carbons (Fsp3) is 0.611. The van der Waals surface area contributed by atoms with Gasteiger partial charge in [0.15, 0.2) is 0 Å². The van der Waals surface area contributed by atoms with Crippen molar-refractivity contribution < 1.29 is 4.79 Å². The smallest absolute Gasteiger partial charge is 0.248 e. The van der Waals surface area contributed by atoms with Gasteiger partial charge in [-0.05, 0) is 48.4 Å². The molecule has 0 aromatic heterocycles. The lowest BCUT2D eigenvalue weighted by Gasteiger charge is -2.25. The fourth-order valence-electron chi connectivity index (χ4n) is 3.27. The largest absolute Gasteiger partial charge is 0.366 e. The Hall–Kier alpha value is -1.31. The Balaban J connectivity index is 1.86. The number of amides is 1. The van der Waals surface area contributed by atoms with Crippen LogP contribution in [0.25, 0.3) is 0 Å². The van der Waals surface area contributed by atoms with Crippen LogP contribution in [-0.2, 0) is 12.8 Å². The number of benzene rings is 1. The van der Waals surface area contributed by atoms with Gasteiger partial charge in [-0.2, -0.15) is 0 Å². The van der Waals surface area contributed by atoms with E-state index in [9.17, 15) is 4.79 Å². The summed E-state index contributed by atoms with van der Waals surface area (Å²) >= 11 is 0. The lowest BCUT2D eigenvalue weighted by Crippen LogP contribution is -2.17. The zero-order chi connectivity index (χ0) is 14.4. The van der Waals surface area contributed by atoms with Gasteiger partial charge in [0.05, 0.1) is 0 Å². The summed E-state index contributed by atoms with van der Waals surface area (Å²) in [5, 5.41) is 0. The van der Waals surface area contributed by atoms with Crippen LogP contribution in [0.4, 0.5) is 0 Å². The van der Waals surface area contributed by atoms with Crippen molar-refractivity contribution in [1.82, 2.24) is 0 Å². The van der Waals surface area contributed by atoms with Crippen molar-refractivity contribution in [2.75, 3.05) is 0 Å². The summed E-state index contributed by atoms with van der Waals surface area (Å²) in [6.45, 7) is 2.26. The molecule has 20 heavy (non-hydrogen) atoms. The minimum Gasteiger partial charge on any atom is -0.366 e. The summed E-state index contributed by atoms with van der Waals surface area (Å²) in [6.07, 6.45) is 11.7. The lowest BCUT2D eigenvalue weighted by atomic mass is 9.80. The van der Waals surface area contributed by atoms with E-state index in [0.717, 1.165) is 18.8 Å². The summed E-state index contributed by atoms with van der Waals surface area (Å²) in [6, 6.07) is 5.97. The van der Waals surface area contributed by atoms with Gasteiger partial charge < -0.3 is 5.73 Å². The van der Waals surface area contributed by atoms with E-state index in [0.29, 0.717) is 5.56 Å². The van der Waals surface area contributed by atoms with Crippen molar-refractivity contribution in [3.8, 4) is 0 Å². The standard InChI is InChI=1S/C18H27NO/c1-2-3-4-5-6-7-14-8-9-15-10-11-16(18(19)20)13-17(15)12-14/h10-11,13-14H,2-9,12H2,1H3,(H2,19,20). The summed E-state index contributed by atoms with van der Waals surface area (Å²) < 4.78 is 0. The molecule has 1 aliphatic carbocycles. The van der Waals surface area contributed by atoms with E-state index in [4.69, 9.17) is 5.73 Å². The molecular formula is C18H27NO. The van der Waals surface area contributed by atoms with Gasteiger partial charge in [0.1, 0.15) is 0 Å². The number of hydrogen-bond donors (Lipinski definition) is 1. The van der Waals surface area contributed by atoms with E-state index >= 15 is 0 Å². The number of hydrogen-bond acceptors (Lipinski definition) is 1. The van der Waals surface area contributed by atoms with Crippen LogP contribution in [0.15, 0.2) is 18.2 Å². The van der Waals surface area contributed by atoms with Crippen molar-refractivity contribution in [1.29, 1.82) is 0 Å². The Kier molecular flexibility index (Phi) is 5.63. The van der Waals surface area contributed by atoms with Crippen molar-refractivity contribution in [2.24, 2.45) is 11.7 Å². The summed E-state index contributed by atoms with van der Waals surface area (Å²) in [5.74, 6) is 0.488. The number of carbonyl (C=O) groups excluding carboxylic acids is 1. The molecule has 0 bridgehead atoms. The number of aryl methyl sites for hydroxylation is 1. The number of nitrogens with two attached hydrogens (primary N) is 1. The molecule has 1 aliphatic rings. The fourth-order valence-corrected chi connectivity index (χ4v) is 3.27. The van der Waals surface area contributed by atoms with E-state index in [2.05, 4.69) is 13.0 Å². The Morgan fingerprint density at radius 1 is 1.20 bits per heavy atom. The maximum atomic E-state index is 11.3. The first kappa shape index (κ1) is 15.1. The van der Waals surface area contributed by atoms with Gasteiger partial charge in [0.25, 0.3) is 0 Å². The first-order chi connectivity index (χ1) is 9.70. The van der Waals surface area contributed by atoms with Crippen molar-refractivity contribution in [3.05, 3.63) is 34.9 Å². The molecule has 2 N–H and O–H groups in total. The Morgan fingerprint density at radius 3 is 2.75 bits per heavy atom. The normalized spacial score (nSPS) is 17.8. The van der Waals surface area contributed by atoms with E-state index in [1.807, 2.05) is 12.1 Å². The van der Waals surface area contributed by atoms with Gasteiger partial charge >= 0.3 is 0 Å². The molecular weight excluding hydrogens is 246 g/mol. The monoisotopic (exact) mass is 273 g/mol. The molecule has 0 saturated carbocycles. The Bertz CT molecular complexity index is 453. The van der Waals surface area contributed by atoms with E-state index in [-0.39, 0.29) is 5.91 Å². The van der Waals surface area contributed by atoms with Gasteiger partial charge in [-0.15, -0.1) is 0 Å². The molecule has 1 atom stereocenters. The second-order valence-corrected chi connectivity index (χ2v) is 6.16. The minimum atomic E-state index is -0.311. The highest BCUT2D eigenvalue weighted by Crippen LogP contribution is 2.29. The van der Waals surface area contributed by atoms with Crippen LogP contribution in [-0.4, -0.2) is 5.91 Å². The number of rotatable bonds is 7. The molecule has 0 fully saturated rings. The van der Waals surface area contributed by atoms with E-state index < -0.39 is 0 Å². The highest BCUT2D eigenvalue weighted by Gasteiger charge is 2.19. The van der Waals surface area contributed by atoms with Crippen molar-refractivity contribution >= 4 is 5.91 Å². The number of fused-ring (bicyclic) bond motifs is 1. The molecule has 2 nitrogen and oxygen atoms in total. The van der Waals surface area contributed by atoms with Crippen LogP contribution in [0.1, 0.15) is 73.4 Å². The minimum absolute atomic E-state index is 0.311. The quantitative estimate of drug-likeness (QED) is 0.741. The number of unbranched alkanes of at least 4 members (excludes halogenated alkanes) is 4. The molecule has 0 spiro atoms. The molecule has 1 unspecified atom stereocenters. The third-order valence-corrected chi connectivity index (χ3v) is 4.54. The van der Waals surface area contributed by atoms with Gasteiger partial charge in [-0.1, -0.05) is 51.5 Å². The number of carbonyl (C=O) groups is 1. The molecule has 1 aromatic rings.